The number of aryl methyl sites for hydroxylation is 2. The van der Waals surface area contributed by atoms with Gasteiger partial charge in [-0.1, -0.05) is 37.6 Å². The number of pyridine rings is 1. The number of carbonyl (C=O) groups is 3. The van der Waals surface area contributed by atoms with Crippen molar-refractivity contribution in [1.29, 1.82) is 0 Å². The summed E-state index contributed by atoms with van der Waals surface area (Å²) >= 11 is 6.17. The first-order chi connectivity index (χ1) is 18.1. The Morgan fingerprint density at radius 3 is 2.49 bits per heavy atom. The Hall–Kier alpha value is -2.68. The van der Waals surface area contributed by atoms with Gasteiger partial charge in [0.05, 0.1) is 0 Å². The van der Waals surface area contributed by atoms with Crippen molar-refractivity contribution >= 4 is 47.5 Å². The molecular formula is C29H39Cl2N5O3. The molecule has 2 fully saturated rings. The molecule has 1 aromatic heterocycles. The summed E-state index contributed by atoms with van der Waals surface area (Å²) in [5, 5.41) is 6.55. The highest BCUT2D eigenvalue weighted by atomic mass is 35.5. The lowest BCUT2D eigenvalue weighted by atomic mass is 10.0. The van der Waals surface area contributed by atoms with Gasteiger partial charge in [-0.15, -0.1) is 12.4 Å². The average Bonchev–Trinajstić information content (AvgIpc) is 3.26. The Morgan fingerprint density at radius 1 is 1.10 bits per heavy atom. The molecule has 2 aromatic rings. The predicted octanol–water partition coefficient (Wildman–Crippen LogP) is 4.75. The van der Waals surface area contributed by atoms with Gasteiger partial charge >= 0.3 is 0 Å². The van der Waals surface area contributed by atoms with Crippen LogP contribution in [0.2, 0.25) is 5.02 Å². The van der Waals surface area contributed by atoms with Crippen LogP contribution in [-0.4, -0.2) is 64.2 Å². The lowest BCUT2D eigenvalue weighted by molar-refractivity contribution is -0.136. The number of nitrogens with zero attached hydrogens (tertiary/aromatic N) is 3. The van der Waals surface area contributed by atoms with E-state index in [4.69, 9.17) is 11.6 Å². The zero-order chi connectivity index (χ0) is 27.4. The Kier molecular flexibility index (Phi) is 10.8. The minimum absolute atomic E-state index is 0. The van der Waals surface area contributed by atoms with E-state index in [1.807, 2.05) is 26.8 Å². The number of amides is 3. The summed E-state index contributed by atoms with van der Waals surface area (Å²) in [5.41, 5.74) is 3.39. The predicted molar refractivity (Wildman–Crippen MR) is 156 cm³/mol. The largest absolute Gasteiger partial charge is 0.352 e. The molecule has 2 aliphatic rings. The zero-order valence-corrected chi connectivity index (χ0v) is 24.7. The highest BCUT2D eigenvalue weighted by Gasteiger charge is 2.41. The standard InChI is InChI=1S/C29H38ClN5O3.ClH/c1-18(2)16-31-28(37)22-14-20(4)32-26(15-22)33-29(38)25-7-8-27(36)35(25)23-9-11-34(12-10-23)17-21-5-6-24(30)19(3)13-21;/h5-6,13-15,18,23,25H,7-12,16-17H2,1-4H3,(H,31,37)(H,32,33,38);1H/t25-;/m1./s1. The fraction of sp³-hybridized carbons (Fsp3) is 0.517. The maximum absolute atomic E-state index is 13.3. The van der Waals surface area contributed by atoms with Gasteiger partial charge in [-0.05, 0) is 68.4 Å². The molecule has 10 heteroatoms. The van der Waals surface area contributed by atoms with Crippen molar-refractivity contribution in [1.82, 2.24) is 20.1 Å². The van der Waals surface area contributed by atoms with Crippen LogP contribution in [0.1, 0.15) is 66.7 Å². The summed E-state index contributed by atoms with van der Waals surface area (Å²) in [6.07, 6.45) is 2.50. The van der Waals surface area contributed by atoms with E-state index in [0.29, 0.717) is 42.4 Å². The van der Waals surface area contributed by atoms with E-state index < -0.39 is 6.04 Å². The van der Waals surface area contributed by atoms with Crippen molar-refractivity contribution in [2.75, 3.05) is 25.0 Å². The molecule has 8 nitrogen and oxygen atoms in total. The molecule has 0 radical (unpaired) electrons. The molecule has 0 unspecified atom stereocenters. The van der Waals surface area contributed by atoms with E-state index >= 15 is 0 Å². The molecular weight excluding hydrogens is 537 g/mol. The minimum Gasteiger partial charge on any atom is -0.352 e. The van der Waals surface area contributed by atoms with Gasteiger partial charge in [0.2, 0.25) is 11.8 Å². The number of piperidine rings is 1. The second-order valence-corrected chi connectivity index (χ2v) is 11.3. The molecule has 1 aromatic carbocycles. The number of aromatic nitrogens is 1. The number of likely N-dealkylation sites (tertiary alicyclic amines) is 2. The molecule has 0 saturated carbocycles. The smallest absolute Gasteiger partial charge is 0.251 e. The number of benzene rings is 1. The van der Waals surface area contributed by atoms with Crippen molar-refractivity contribution < 1.29 is 14.4 Å². The zero-order valence-electron chi connectivity index (χ0n) is 23.1. The van der Waals surface area contributed by atoms with Crippen LogP contribution in [0.15, 0.2) is 30.3 Å². The Bertz CT molecular complexity index is 1200. The van der Waals surface area contributed by atoms with E-state index in [1.165, 1.54) is 5.56 Å². The van der Waals surface area contributed by atoms with Crippen LogP contribution in [0.25, 0.3) is 0 Å². The van der Waals surface area contributed by atoms with E-state index in [2.05, 4.69) is 32.7 Å². The van der Waals surface area contributed by atoms with Crippen molar-refractivity contribution in [2.45, 2.75) is 72.0 Å². The van der Waals surface area contributed by atoms with Crippen LogP contribution in [0.5, 0.6) is 0 Å². The van der Waals surface area contributed by atoms with Gasteiger partial charge in [0.1, 0.15) is 11.9 Å². The van der Waals surface area contributed by atoms with E-state index in [-0.39, 0.29) is 36.2 Å². The van der Waals surface area contributed by atoms with Gasteiger partial charge in [-0.25, -0.2) is 4.98 Å². The van der Waals surface area contributed by atoms with Crippen LogP contribution in [-0.2, 0) is 16.1 Å². The third-order valence-corrected chi connectivity index (χ3v) is 7.70. The number of halogens is 2. The van der Waals surface area contributed by atoms with Crippen molar-refractivity contribution in [2.24, 2.45) is 5.92 Å². The third-order valence-electron chi connectivity index (χ3n) is 7.27. The lowest BCUT2D eigenvalue weighted by Gasteiger charge is -2.39. The summed E-state index contributed by atoms with van der Waals surface area (Å²) < 4.78 is 0. The number of rotatable bonds is 8. The third kappa shape index (κ3) is 7.93. The molecule has 2 saturated heterocycles. The van der Waals surface area contributed by atoms with Crippen molar-refractivity contribution in [3.8, 4) is 0 Å². The summed E-state index contributed by atoms with van der Waals surface area (Å²) in [6.45, 7) is 11.0. The lowest BCUT2D eigenvalue weighted by Crippen LogP contribution is -2.51. The normalized spacial score (nSPS) is 18.3. The molecule has 0 spiro atoms. The van der Waals surface area contributed by atoms with Crippen LogP contribution in [0.3, 0.4) is 0 Å². The number of anilines is 1. The van der Waals surface area contributed by atoms with Gasteiger partial charge in [0.15, 0.2) is 0 Å². The van der Waals surface area contributed by atoms with E-state index in [9.17, 15) is 14.4 Å². The first-order valence-electron chi connectivity index (χ1n) is 13.5. The second-order valence-electron chi connectivity index (χ2n) is 10.9. The first kappa shape index (κ1) is 30.9. The number of hydrogen-bond acceptors (Lipinski definition) is 5. The Labute approximate surface area is 242 Å². The summed E-state index contributed by atoms with van der Waals surface area (Å²) in [6, 6.07) is 8.93. The topological polar surface area (TPSA) is 94.6 Å². The molecule has 2 aliphatic heterocycles. The number of carbonyl (C=O) groups excluding carboxylic acids is 3. The van der Waals surface area contributed by atoms with Gasteiger partial charge in [-0.2, -0.15) is 0 Å². The molecule has 0 aliphatic carbocycles. The molecule has 1 atom stereocenters. The second kappa shape index (κ2) is 13.6. The van der Waals surface area contributed by atoms with Gasteiger partial charge in [0.25, 0.3) is 5.91 Å². The first-order valence-corrected chi connectivity index (χ1v) is 13.8. The highest BCUT2D eigenvalue weighted by molar-refractivity contribution is 6.31. The Balaban J connectivity index is 0.00000420. The molecule has 3 amide bonds. The highest BCUT2D eigenvalue weighted by Crippen LogP contribution is 2.29. The van der Waals surface area contributed by atoms with Crippen molar-refractivity contribution in [3.63, 3.8) is 0 Å². The van der Waals surface area contributed by atoms with Crippen LogP contribution < -0.4 is 10.6 Å². The van der Waals surface area contributed by atoms with Gasteiger partial charge in [0, 0.05) is 54.9 Å². The summed E-state index contributed by atoms with van der Waals surface area (Å²) in [5.74, 6) is 0.250. The summed E-state index contributed by atoms with van der Waals surface area (Å²) in [4.78, 5) is 47.3. The van der Waals surface area contributed by atoms with Crippen molar-refractivity contribution in [3.05, 3.63) is 57.7 Å². The van der Waals surface area contributed by atoms with E-state index in [1.54, 1.807) is 24.0 Å². The Morgan fingerprint density at radius 2 is 1.82 bits per heavy atom. The molecule has 39 heavy (non-hydrogen) atoms. The fourth-order valence-electron chi connectivity index (χ4n) is 5.31. The molecule has 212 valence electrons. The van der Waals surface area contributed by atoms with Crippen LogP contribution in [0.4, 0.5) is 5.82 Å². The molecule has 4 rings (SSSR count). The van der Waals surface area contributed by atoms with Gasteiger partial charge in [-0.3, -0.25) is 19.3 Å². The number of nitrogens with one attached hydrogen (secondary N) is 2. The molecule has 0 bridgehead atoms. The maximum Gasteiger partial charge on any atom is 0.251 e. The number of hydrogen-bond donors (Lipinski definition) is 2. The van der Waals surface area contributed by atoms with Crippen LogP contribution in [0, 0.1) is 19.8 Å². The monoisotopic (exact) mass is 575 g/mol. The molecule has 3 heterocycles. The fourth-order valence-corrected chi connectivity index (χ4v) is 5.43. The SMILES string of the molecule is Cc1cc(C(=O)NCC(C)C)cc(NC(=O)[C@H]2CCC(=O)N2C2CCN(Cc3ccc(Cl)c(C)c3)CC2)n1.Cl. The summed E-state index contributed by atoms with van der Waals surface area (Å²) in [7, 11) is 0. The van der Waals surface area contributed by atoms with Crippen LogP contribution >= 0.6 is 24.0 Å². The quantitative estimate of drug-likeness (QED) is 0.473. The minimum atomic E-state index is -0.529. The van der Waals surface area contributed by atoms with Gasteiger partial charge < -0.3 is 15.5 Å². The molecule has 2 N–H and O–H groups in total. The maximum atomic E-state index is 13.3. The van der Waals surface area contributed by atoms with E-state index in [0.717, 1.165) is 43.1 Å². The average molecular weight is 577 g/mol.